The minimum absolute atomic E-state index is 0.0927. The van der Waals surface area contributed by atoms with Crippen LogP contribution in [0.25, 0.3) is 0 Å². The van der Waals surface area contributed by atoms with Crippen molar-refractivity contribution < 1.29 is 14.5 Å². The first-order valence-electron chi connectivity index (χ1n) is 6.54. The Balaban J connectivity index is 2.12. The van der Waals surface area contributed by atoms with Gasteiger partial charge in [-0.25, -0.2) is 0 Å². The van der Waals surface area contributed by atoms with Gasteiger partial charge in [-0.3, -0.25) is 14.9 Å². The van der Waals surface area contributed by atoms with Crippen LogP contribution >= 0.6 is 23.2 Å². The van der Waals surface area contributed by atoms with Gasteiger partial charge in [0.05, 0.1) is 9.95 Å². The average molecular weight is 355 g/mol. The third-order valence-corrected chi connectivity index (χ3v) is 3.47. The molecule has 2 aromatic carbocycles. The summed E-state index contributed by atoms with van der Waals surface area (Å²) in [5, 5.41) is 14.1. The average Bonchev–Trinajstić information content (AvgIpc) is 2.51. The molecule has 0 heterocycles. The maximum absolute atomic E-state index is 12.2. The number of anilines is 1. The predicted octanol–water partition coefficient (Wildman–Crippen LogP) is 4.31. The minimum Gasteiger partial charge on any atom is -0.479 e. The van der Waals surface area contributed by atoms with Crippen molar-refractivity contribution in [2.24, 2.45) is 0 Å². The monoisotopic (exact) mass is 354 g/mol. The summed E-state index contributed by atoms with van der Waals surface area (Å²) < 4.78 is 5.46. The third-order valence-electron chi connectivity index (χ3n) is 2.92. The number of ether oxygens (including phenoxy) is 1. The standard InChI is InChI=1S/C15H12Cl2N2O4/c1-9(23-14-8-10(16)6-7-11(14)17)15(20)18-12-4-2-3-5-13(12)19(21)22/h2-9H,1H3,(H,18,20)/t9-/m0/s1. The molecule has 0 unspecified atom stereocenters. The van der Waals surface area contributed by atoms with Crippen molar-refractivity contribution in [1.29, 1.82) is 0 Å². The third kappa shape index (κ3) is 4.34. The number of nitrogens with one attached hydrogen (secondary N) is 1. The van der Waals surface area contributed by atoms with Gasteiger partial charge in [0.2, 0.25) is 0 Å². The number of rotatable bonds is 5. The van der Waals surface area contributed by atoms with Crippen LogP contribution in [-0.4, -0.2) is 16.9 Å². The minimum atomic E-state index is -0.925. The van der Waals surface area contributed by atoms with Crippen molar-refractivity contribution >= 4 is 40.5 Å². The van der Waals surface area contributed by atoms with Crippen molar-refractivity contribution in [2.45, 2.75) is 13.0 Å². The summed E-state index contributed by atoms with van der Waals surface area (Å²) in [7, 11) is 0. The molecule has 8 heteroatoms. The molecule has 0 aliphatic rings. The lowest BCUT2D eigenvalue weighted by molar-refractivity contribution is -0.383. The highest BCUT2D eigenvalue weighted by molar-refractivity contribution is 6.34. The highest BCUT2D eigenvalue weighted by atomic mass is 35.5. The summed E-state index contributed by atoms with van der Waals surface area (Å²) in [5.74, 6) is -0.292. The van der Waals surface area contributed by atoms with Crippen molar-refractivity contribution in [3.05, 3.63) is 62.6 Å². The largest absolute Gasteiger partial charge is 0.479 e. The van der Waals surface area contributed by atoms with Gasteiger partial charge in [0, 0.05) is 17.2 Å². The summed E-state index contributed by atoms with van der Waals surface area (Å²) in [5.41, 5.74) is -0.107. The van der Waals surface area contributed by atoms with Crippen molar-refractivity contribution in [1.82, 2.24) is 0 Å². The lowest BCUT2D eigenvalue weighted by Gasteiger charge is -2.15. The number of hydrogen-bond donors (Lipinski definition) is 1. The summed E-state index contributed by atoms with van der Waals surface area (Å²) in [6.45, 7) is 1.50. The molecule has 120 valence electrons. The van der Waals surface area contributed by atoms with E-state index >= 15 is 0 Å². The van der Waals surface area contributed by atoms with Crippen molar-refractivity contribution in [2.75, 3.05) is 5.32 Å². The van der Waals surface area contributed by atoms with Crippen LogP contribution in [0.4, 0.5) is 11.4 Å². The number of benzene rings is 2. The van der Waals surface area contributed by atoms with E-state index in [9.17, 15) is 14.9 Å². The maximum atomic E-state index is 12.2. The normalized spacial score (nSPS) is 11.6. The molecule has 0 bridgehead atoms. The van der Waals surface area contributed by atoms with E-state index in [-0.39, 0.29) is 17.1 Å². The maximum Gasteiger partial charge on any atom is 0.292 e. The molecule has 2 rings (SSSR count). The Labute approximate surface area is 142 Å². The predicted molar refractivity (Wildman–Crippen MR) is 88.3 cm³/mol. The molecule has 0 saturated heterocycles. The first-order valence-corrected chi connectivity index (χ1v) is 7.30. The number of nitro benzene ring substituents is 1. The lowest BCUT2D eigenvalue weighted by atomic mass is 10.2. The van der Waals surface area contributed by atoms with Crippen LogP contribution in [-0.2, 0) is 4.79 Å². The highest BCUT2D eigenvalue weighted by Gasteiger charge is 2.20. The Morgan fingerprint density at radius 1 is 1.26 bits per heavy atom. The van der Waals surface area contributed by atoms with Gasteiger partial charge in [0.1, 0.15) is 11.4 Å². The van der Waals surface area contributed by atoms with Gasteiger partial charge in [-0.2, -0.15) is 0 Å². The van der Waals surface area contributed by atoms with E-state index in [0.717, 1.165) is 0 Å². The van der Waals surface area contributed by atoms with E-state index in [4.69, 9.17) is 27.9 Å². The topological polar surface area (TPSA) is 81.5 Å². The summed E-state index contributed by atoms with van der Waals surface area (Å²) in [4.78, 5) is 22.5. The van der Waals surface area contributed by atoms with Crippen LogP contribution in [0.5, 0.6) is 5.75 Å². The van der Waals surface area contributed by atoms with Crippen LogP contribution < -0.4 is 10.1 Å². The van der Waals surface area contributed by atoms with Crippen molar-refractivity contribution in [3.63, 3.8) is 0 Å². The van der Waals surface area contributed by atoms with Gasteiger partial charge < -0.3 is 10.1 Å². The Morgan fingerprint density at radius 3 is 2.65 bits per heavy atom. The van der Waals surface area contributed by atoms with Crippen LogP contribution in [0.2, 0.25) is 10.0 Å². The second-order valence-corrected chi connectivity index (χ2v) is 5.44. The van der Waals surface area contributed by atoms with Crippen LogP contribution in [0.3, 0.4) is 0 Å². The lowest BCUT2D eigenvalue weighted by Crippen LogP contribution is -2.30. The Hall–Kier alpha value is -2.31. The fourth-order valence-corrected chi connectivity index (χ4v) is 2.11. The molecule has 0 aliphatic carbocycles. The van der Waals surface area contributed by atoms with Gasteiger partial charge in [-0.05, 0) is 25.1 Å². The quantitative estimate of drug-likeness (QED) is 0.640. The SMILES string of the molecule is C[C@H](Oc1cc(Cl)ccc1Cl)C(=O)Nc1ccccc1[N+](=O)[O-]. The second-order valence-electron chi connectivity index (χ2n) is 4.60. The zero-order chi connectivity index (χ0) is 17.0. The molecule has 0 radical (unpaired) electrons. The molecule has 1 atom stereocenters. The molecular weight excluding hydrogens is 343 g/mol. The number of nitrogens with zero attached hydrogens (tertiary/aromatic N) is 1. The number of nitro groups is 1. The smallest absolute Gasteiger partial charge is 0.292 e. The number of amides is 1. The molecule has 0 aromatic heterocycles. The van der Waals surface area contributed by atoms with E-state index < -0.39 is 16.9 Å². The fourth-order valence-electron chi connectivity index (χ4n) is 1.78. The molecule has 0 fully saturated rings. The zero-order valence-electron chi connectivity index (χ0n) is 12.0. The van der Waals surface area contributed by atoms with Gasteiger partial charge >= 0.3 is 0 Å². The first-order chi connectivity index (χ1) is 10.9. The Bertz CT molecular complexity index is 752. The van der Waals surface area contributed by atoms with Crippen molar-refractivity contribution in [3.8, 4) is 5.75 Å². The number of hydrogen-bond acceptors (Lipinski definition) is 4. The Kier molecular flexibility index (Phi) is 5.41. The van der Waals surface area contributed by atoms with Crippen LogP contribution in [0.15, 0.2) is 42.5 Å². The molecule has 23 heavy (non-hydrogen) atoms. The van der Waals surface area contributed by atoms with Gasteiger partial charge in [-0.15, -0.1) is 0 Å². The van der Waals surface area contributed by atoms with Crippen LogP contribution in [0.1, 0.15) is 6.92 Å². The van der Waals surface area contributed by atoms with Gasteiger partial charge in [0.15, 0.2) is 6.10 Å². The molecule has 2 aromatic rings. The number of para-hydroxylation sites is 2. The van der Waals surface area contributed by atoms with E-state index in [0.29, 0.717) is 10.0 Å². The fraction of sp³-hybridized carbons (Fsp3) is 0.133. The molecule has 1 N–H and O–H groups in total. The van der Waals surface area contributed by atoms with Gasteiger partial charge in [0.25, 0.3) is 11.6 Å². The first kappa shape index (κ1) is 17.1. The van der Waals surface area contributed by atoms with E-state index in [2.05, 4.69) is 5.32 Å². The van der Waals surface area contributed by atoms with E-state index in [1.54, 1.807) is 18.2 Å². The number of halogens is 2. The number of carbonyl (C=O) groups excluding carboxylic acids is 1. The number of carbonyl (C=O) groups is 1. The highest BCUT2D eigenvalue weighted by Crippen LogP contribution is 2.29. The summed E-state index contributed by atoms with van der Waals surface area (Å²) >= 11 is 11.8. The molecule has 0 spiro atoms. The summed E-state index contributed by atoms with van der Waals surface area (Å²) in [6, 6.07) is 10.5. The molecule has 0 aliphatic heterocycles. The Morgan fingerprint density at radius 2 is 1.96 bits per heavy atom. The molecule has 1 amide bonds. The molecule has 0 saturated carbocycles. The van der Waals surface area contributed by atoms with Gasteiger partial charge in [-0.1, -0.05) is 35.3 Å². The zero-order valence-corrected chi connectivity index (χ0v) is 13.5. The van der Waals surface area contributed by atoms with E-state index in [1.165, 1.54) is 31.2 Å². The summed E-state index contributed by atoms with van der Waals surface area (Å²) in [6.07, 6.45) is -0.925. The molecule has 6 nitrogen and oxygen atoms in total. The van der Waals surface area contributed by atoms with Crippen LogP contribution in [0, 0.1) is 10.1 Å². The molecular formula is C15H12Cl2N2O4. The van der Waals surface area contributed by atoms with E-state index in [1.807, 2.05) is 0 Å². The second kappa shape index (κ2) is 7.30.